The minimum absolute atomic E-state index is 0.178. The van der Waals surface area contributed by atoms with Gasteiger partial charge in [-0.2, -0.15) is 5.10 Å². The highest BCUT2D eigenvalue weighted by atomic mass is 19.1. The Morgan fingerprint density at radius 2 is 1.73 bits per heavy atom. The highest BCUT2D eigenvalue weighted by Gasteiger charge is 2.20. The molecule has 2 N–H and O–H groups in total. The summed E-state index contributed by atoms with van der Waals surface area (Å²) >= 11 is 0. The Morgan fingerprint density at radius 3 is 2.40 bits per heavy atom. The number of anilines is 1. The molecule has 7 nitrogen and oxygen atoms in total. The number of aliphatic hydroxyl groups is 1. The van der Waals surface area contributed by atoms with E-state index in [0.717, 1.165) is 17.7 Å². The normalized spacial score (nSPS) is 12.2. The van der Waals surface area contributed by atoms with E-state index in [1.165, 1.54) is 18.2 Å². The number of aryl methyl sites for hydroxylation is 2. The predicted molar refractivity (Wildman–Crippen MR) is 152 cm³/mol. The van der Waals surface area contributed by atoms with Crippen molar-refractivity contribution in [2.45, 2.75) is 59.2 Å². The quantitative estimate of drug-likeness (QED) is 0.240. The molecule has 1 atom stereocenters. The molecule has 0 aliphatic heterocycles. The molecule has 0 saturated carbocycles. The number of rotatable bonds is 8. The summed E-state index contributed by atoms with van der Waals surface area (Å²) in [6.07, 6.45) is -0.984. The zero-order chi connectivity index (χ0) is 29.0. The van der Waals surface area contributed by atoms with Crippen LogP contribution in [0.3, 0.4) is 0 Å². The molecule has 4 rings (SSSR count). The number of benzene rings is 3. The standard InChI is InChI=1S/C32H34FN3O4/c1-6-21-8-7-9-26(17-21)36-28(16-20(2)35-36)29(37)19-24-18-23(12-15-27(24)33)30(38)22-10-13-25(14-11-22)34-31(39)40-32(3,4)5/h7-18,30,38H,6,19H2,1-5H3,(H,34,39). The molecule has 8 heteroatoms. The van der Waals surface area contributed by atoms with Crippen molar-refractivity contribution < 1.29 is 23.8 Å². The van der Waals surface area contributed by atoms with Crippen LogP contribution in [0.2, 0.25) is 0 Å². The molecule has 1 aromatic heterocycles. The van der Waals surface area contributed by atoms with E-state index < -0.39 is 23.6 Å². The number of aliphatic hydroxyl groups excluding tert-OH is 1. The second-order valence-electron chi connectivity index (χ2n) is 10.7. The van der Waals surface area contributed by atoms with Crippen molar-refractivity contribution in [3.63, 3.8) is 0 Å². The fourth-order valence-corrected chi connectivity index (χ4v) is 4.33. The average molecular weight is 544 g/mol. The third-order valence-electron chi connectivity index (χ3n) is 6.29. The molecule has 4 aromatic rings. The maximum absolute atomic E-state index is 14.8. The second-order valence-corrected chi connectivity index (χ2v) is 10.7. The Bertz CT molecular complexity index is 1520. The molecule has 0 fully saturated rings. The summed E-state index contributed by atoms with van der Waals surface area (Å²) < 4.78 is 21.7. The Morgan fingerprint density at radius 1 is 1.02 bits per heavy atom. The van der Waals surface area contributed by atoms with Gasteiger partial charge in [0.2, 0.25) is 0 Å². The lowest BCUT2D eigenvalue weighted by molar-refractivity contribution is 0.0635. The summed E-state index contributed by atoms with van der Waals surface area (Å²) in [5.74, 6) is -0.817. The van der Waals surface area contributed by atoms with Gasteiger partial charge in [0.25, 0.3) is 0 Å². The first kappa shape index (κ1) is 28.7. The lowest BCUT2D eigenvalue weighted by Gasteiger charge is -2.20. The number of amides is 1. The Labute approximate surface area is 233 Å². The van der Waals surface area contributed by atoms with Crippen molar-refractivity contribution in [1.82, 2.24) is 9.78 Å². The van der Waals surface area contributed by atoms with Crippen molar-refractivity contribution in [2.75, 3.05) is 5.32 Å². The van der Waals surface area contributed by atoms with E-state index in [9.17, 15) is 19.1 Å². The third kappa shape index (κ3) is 7.01. The van der Waals surface area contributed by atoms with Crippen LogP contribution in [0.15, 0.2) is 72.8 Å². The van der Waals surface area contributed by atoms with Crippen LogP contribution >= 0.6 is 0 Å². The van der Waals surface area contributed by atoms with Crippen molar-refractivity contribution in [1.29, 1.82) is 0 Å². The number of Topliss-reactive ketones (excluding diaryl/α,β-unsaturated/α-hetero) is 1. The molecule has 1 unspecified atom stereocenters. The van der Waals surface area contributed by atoms with E-state index in [2.05, 4.69) is 17.3 Å². The Kier molecular flexibility index (Phi) is 8.49. The molecule has 208 valence electrons. The Balaban J connectivity index is 1.52. The minimum atomic E-state index is -1.06. The first-order chi connectivity index (χ1) is 18.9. The molecule has 1 amide bonds. The topological polar surface area (TPSA) is 93.5 Å². The van der Waals surface area contributed by atoms with Crippen molar-refractivity contribution in [3.05, 3.63) is 112 Å². The van der Waals surface area contributed by atoms with Gasteiger partial charge in [-0.15, -0.1) is 0 Å². The number of carbonyl (C=O) groups is 2. The number of hydrogen-bond donors (Lipinski definition) is 2. The molecular formula is C32H34FN3O4. The maximum Gasteiger partial charge on any atom is 0.412 e. The van der Waals surface area contributed by atoms with Crippen LogP contribution in [0.25, 0.3) is 5.69 Å². The van der Waals surface area contributed by atoms with E-state index in [1.807, 2.05) is 31.2 Å². The zero-order valence-electron chi connectivity index (χ0n) is 23.4. The van der Waals surface area contributed by atoms with E-state index >= 15 is 0 Å². The number of nitrogens with zero attached hydrogens (tertiary/aromatic N) is 2. The number of halogens is 1. The van der Waals surface area contributed by atoms with E-state index in [1.54, 1.807) is 55.8 Å². The monoisotopic (exact) mass is 543 g/mol. The van der Waals surface area contributed by atoms with Gasteiger partial charge < -0.3 is 9.84 Å². The number of aromatic nitrogens is 2. The number of hydrogen-bond acceptors (Lipinski definition) is 5. The lowest BCUT2D eigenvalue weighted by Crippen LogP contribution is -2.27. The van der Waals surface area contributed by atoms with Gasteiger partial charge in [0.15, 0.2) is 5.78 Å². The maximum atomic E-state index is 14.8. The Hall–Kier alpha value is -4.30. The molecule has 3 aromatic carbocycles. The van der Waals surface area contributed by atoms with Crippen molar-refractivity contribution in [2.24, 2.45) is 0 Å². The molecule has 0 saturated heterocycles. The van der Waals surface area contributed by atoms with Gasteiger partial charge in [-0.1, -0.05) is 37.3 Å². The van der Waals surface area contributed by atoms with Gasteiger partial charge in [0.05, 0.1) is 11.4 Å². The SMILES string of the molecule is CCc1cccc(-n2nc(C)cc2C(=O)Cc2cc(C(O)c3ccc(NC(=O)OC(C)(C)C)cc3)ccc2F)c1. The van der Waals surface area contributed by atoms with Gasteiger partial charge in [-0.05, 0) is 98.8 Å². The summed E-state index contributed by atoms with van der Waals surface area (Å²) in [6.45, 7) is 9.19. The van der Waals surface area contributed by atoms with E-state index in [4.69, 9.17) is 4.74 Å². The predicted octanol–water partition coefficient (Wildman–Crippen LogP) is 6.74. The summed E-state index contributed by atoms with van der Waals surface area (Å²) in [7, 11) is 0. The van der Waals surface area contributed by atoms with Crippen LogP contribution in [0.1, 0.15) is 72.2 Å². The summed E-state index contributed by atoms with van der Waals surface area (Å²) in [4.78, 5) is 25.4. The highest BCUT2D eigenvalue weighted by molar-refractivity contribution is 5.96. The van der Waals surface area contributed by atoms with Gasteiger partial charge in [-0.3, -0.25) is 10.1 Å². The van der Waals surface area contributed by atoms with Crippen LogP contribution in [-0.2, 0) is 17.6 Å². The molecule has 40 heavy (non-hydrogen) atoms. The highest BCUT2D eigenvalue weighted by Crippen LogP contribution is 2.26. The van der Waals surface area contributed by atoms with Crippen molar-refractivity contribution >= 4 is 17.6 Å². The van der Waals surface area contributed by atoms with E-state index in [-0.39, 0.29) is 17.8 Å². The molecular weight excluding hydrogens is 509 g/mol. The summed E-state index contributed by atoms with van der Waals surface area (Å²) in [5, 5.41) is 18.1. The number of nitrogens with one attached hydrogen (secondary N) is 1. The number of ketones is 1. The summed E-state index contributed by atoms with van der Waals surface area (Å²) in [6, 6.07) is 20.4. The summed E-state index contributed by atoms with van der Waals surface area (Å²) in [5.41, 5.74) is 3.98. The lowest BCUT2D eigenvalue weighted by atomic mass is 9.97. The van der Waals surface area contributed by atoms with E-state index in [0.29, 0.717) is 28.2 Å². The van der Waals surface area contributed by atoms with Crippen LogP contribution in [-0.4, -0.2) is 32.4 Å². The molecule has 1 heterocycles. The average Bonchev–Trinajstić information content (AvgIpc) is 3.30. The third-order valence-corrected chi connectivity index (χ3v) is 6.29. The minimum Gasteiger partial charge on any atom is -0.444 e. The molecule has 0 aliphatic carbocycles. The molecule has 0 radical (unpaired) electrons. The van der Waals surface area contributed by atoms with Crippen LogP contribution in [0.5, 0.6) is 0 Å². The van der Waals surface area contributed by atoms with Gasteiger partial charge in [0.1, 0.15) is 23.2 Å². The first-order valence-corrected chi connectivity index (χ1v) is 13.2. The van der Waals surface area contributed by atoms with Crippen LogP contribution in [0, 0.1) is 12.7 Å². The molecule has 0 aliphatic rings. The second kappa shape index (κ2) is 11.8. The van der Waals surface area contributed by atoms with Crippen LogP contribution < -0.4 is 5.32 Å². The van der Waals surface area contributed by atoms with Crippen LogP contribution in [0.4, 0.5) is 14.9 Å². The fourth-order valence-electron chi connectivity index (χ4n) is 4.33. The first-order valence-electron chi connectivity index (χ1n) is 13.2. The van der Waals surface area contributed by atoms with Crippen molar-refractivity contribution in [3.8, 4) is 5.69 Å². The number of ether oxygens (including phenoxy) is 1. The zero-order valence-corrected chi connectivity index (χ0v) is 23.4. The fraction of sp³-hybridized carbons (Fsp3) is 0.281. The van der Waals surface area contributed by atoms with Gasteiger partial charge >= 0.3 is 6.09 Å². The molecule has 0 spiro atoms. The number of carbonyl (C=O) groups excluding carboxylic acids is 2. The van der Waals surface area contributed by atoms with Gasteiger partial charge in [-0.25, -0.2) is 13.9 Å². The largest absolute Gasteiger partial charge is 0.444 e. The smallest absolute Gasteiger partial charge is 0.412 e. The molecule has 0 bridgehead atoms. The van der Waals surface area contributed by atoms with Gasteiger partial charge in [0, 0.05) is 12.1 Å².